The number of carbonyl (C=O) groups is 4. The van der Waals surface area contributed by atoms with Gasteiger partial charge < -0.3 is 30.4 Å². The Morgan fingerprint density at radius 1 is 1.00 bits per heavy atom. The van der Waals surface area contributed by atoms with Gasteiger partial charge in [-0.3, -0.25) is 19.2 Å². The average Bonchev–Trinajstić information content (AvgIpc) is 3.44. The quantitative estimate of drug-likeness (QED) is 0.202. The molecule has 6 atom stereocenters. The molecule has 252 valence electrons. The van der Waals surface area contributed by atoms with Crippen molar-refractivity contribution in [2.75, 3.05) is 7.05 Å². The molecule has 3 aromatic rings. The highest BCUT2D eigenvalue weighted by Gasteiger charge is 2.34. The van der Waals surface area contributed by atoms with E-state index in [4.69, 9.17) is 4.74 Å². The summed E-state index contributed by atoms with van der Waals surface area (Å²) in [6, 6.07) is 9.74. The van der Waals surface area contributed by atoms with E-state index in [9.17, 15) is 24.3 Å². The number of para-hydroxylation sites is 1. The first-order valence-corrected chi connectivity index (χ1v) is 16.9. The Balaban J connectivity index is 1.76. The number of likely N-dealkylation sites (N-methyl/N-ethyl adjacent to an activating group) is 1. The molecule has 1 aliphatic rings. The van der Waals surface area contributed by atoms with E-state index < -0.39 is 47.9 Å². The Bertz CT molecular complexity index is 1650. The number of aromatic hydroxyl groups is 1. The molecule has 0 unspecified atom stereocenters. The first-order chi connectivity index (χ1) is 22.3. The number of rotatable bonds is 4. The van der Waals surface area contributed by atoms with Crippen LogP contribution in [0.1, 0.15) is 71.0 Å². The summed E-state index contributed by atoms with van der Waals surface area (Å²) in [7, 11) is 1.55. The van der Waals surface area contributed by atoms with E-state index in [-0.39, 0.29) is 30.4 Å². The number of hydrogen-bond donors (Lipinski definition) is 4. The van der Waals surface area contributed by atoms with Crippen LogP contribution >= 0.6 is 15.9 Å². The number of phenols is 1. The zero-order chi connectivity index (χ0) is 34.4. The number of halogens is 1. The predicted octanol–water partition coefficient (Wildman–Crippen LogP) is 5.70. The Kier molecular flexibility index (Phi) is 11.9. The lowest BCUT2D eigenvalue weighted by atomic mass is 9.94. The standard InChI is InChI=1S/C36H45BrN4O6/c1-7-32-21(3)14-20(2)15-22(4)34(44)39-23(5)36(46)41(6)30(17-25-19-38-28-11-9-8-10-26(25)28)35(45)40-29(18-33(43)47-32)24-12-13-31(42)27(37)16-24/h8-14,16,19,21-23,29-30,32,38,42H,7,15,17-18H2,1-6H3,(H,39,44)(H,40,45)/b20-14+/t21-,22+,23+,29-,30-,32-/m1/s1. The van der Waals surface area contributed by atoms with E-state index in [1.165, 1.54) is 11.0 Å². The number of benzene rings is 2. The van der Waals surface area contributed by atoms with Gasteiger partial charge in [0.1, 0.15) is 23.9 Å². The van der Waals surface area contributed by atoms with Gasteiger partial charge in [0.25, 0.3) is 0 Å². The molecule has 0 saturated carbocycles. The number of nitrogens with one attached hydrogen (secondary N) is 3. The van der Waals surface area contributed by atoms with Crippen LogP contribution in [-0.4, -0.2) is 63.9 Å². The maximum atomic E-state index is 14.3. The molecule has 0 bridgehead atoms. The lowest BCUT2D eigenvalue weighted by molar-refractivity contribution is -0.152. The van der Waals surface area contributed by atoms with Crippen molar-refractivity contribution in [3.63, 3.8) is 0 Å². The maximum Gasteiger partial charge on any atom is 0.308 e. The zero-order valence-corrected chi connectivity index (χ0v) is 29.4. The monoisotopic (exact) mass is 708 g/mol. The average molecular weight is 710 g/mol. The minimum atomic E-state index is -0.995. The highest BCUT2D eigenvalue weighted by molar-refractivity contribution is 9.10. The van der Waals surface area contributed by atoms with Gasteiger partial charge in [0.15, 0.2) is 0 Å². The Hall–Kier alpha value is -4.12. The van der Waals surface area contributed by atoms with E-state index in [1.54, 1.807) is 26.1 Å². The molecule has 4 N–H and O–H groups in total. The molecule has 0 radical (unpaired) electrons. The summed E-state index contributed by atoms with van der Waals surface area (Å²) in [5.74, 6) is -2.20. The van der Waals surface area contributed by atoms with E-state index in [1.807, 2.05) is 64.2 Å². The van der Waals surface area contributed by atoms with Gasteiger partial charge in [0, 0.05) is 42.4 Å². The van der Waals surface area contributed by atoms with Crippen LogP contribution in [0.5, 0.6) is 5.75 Å². The molecule has 2 heterocycles. The summed E-state index contributed by atoms with van der Waals surface area (Å²) in [6.07, 6.45) is 4.47. The van der Waals surface area contributed by atoms with Crippen LogP contribution < -0.4 is 10.6 Å². The fraction of sp³-hybridized carbons (Fsp3) is 0.444. The molecular formula is C36H45BrN4O6. The molecule has 0 fully saturated rings. The summed E-state index contributed by atoms with van der Waals surface area (Å²) in [5.41, 5.74) is 3.27. The number of H-pyrrole nitrogens is 1. The number of allylic oxidation sites excluding steroid dienone is 1. The first-order valence-electron chi connectivity index (χ1n) is 16.1. The second-order valence-electron chi connectivity index (χ2n) is 12.6. The van der Waals surface area contributed by atoms with E-state index >= 15 is 0 Å². The first kappa shape index (κ1) is 35.7. The summed E-state index contributed by atoms with van der Waals surface area (Å²) in [5, 5.41) is 16.9. The fourth-order valence-corrected chi connectivity index (χ4v) is 6.59. The summed E-state index contributed by atoms with van der Waals surface area (Å²) in [6.45, 7) is 9.28. The smallest absolute Gasteiger partial charge is 0.308 e. The third-order valence-corrected chi connectivity index (χ3v) is 9.53. The van der Waals surface area contributed by atoms with Crippen molar-refractivity contribution in [3.8, 4) is 5.75 Å². The van der Waals surface area contributed by atoms with Gasteiger partial charge >= 0.3 is 5.97 Å². The van der Waals surface area contributed by atoms with Gasteiger partial charge in [-0.15, -0.1) is 0 Å². The van der Waals surface area contributed by atoms with E-state index in [2.05, 4.69) is 31.5 Å². The van der Waals surface area contributed by atoms with E-state index in [0.29, 0.717) is 22.9 Å². The molecule has 0 aliphatic carbocycles. The molecule has 11 heteroatoms. The number of nitrogens with zero attached hydrogens (tertiary/aromatic N) is 1. The van der Waals surface area contributed by atoms with Crippen LogP contribution in [0, 0.1) is 11.8 Å². The van der Waals surface area contributed by atoms with Crippen LogP contribution in [-0.2, 0) is 30.3 Å². The van der Waals surface area contributed by atoms with Crippen molar-refractivity contribution in [2.45, 2.75) is 84.5 Å². The number of amides is 3. The lowest BCUT2D eigenvalue weighted by Gasteiger charge is -2.32. The van der Waals surface area contributed by atoms with Gasteiger partial charge in [-0.1, -0.05) is 56.7 Å². The minimum absolute atomic E-state index is 0.0118. The third-order valence-electron chi connectivity index (χ3n) is 8.89. The van der Waals surface area contributed by atoms with Crippen molar-refractivity contribution in [1.29, 1.82) is 0 Å². The molecule has 1 aliphatic heterocycles. The van der Waals surface area contributed by atoms with Crippen LogP contribution in [0.3, 0.4) is 0 Å². The van der Waals surface area contributed by atoms with Gasteiger partial charge in [0.05, 0.1) is 16.9 Å². The second-order valence-corrected chi connectivity index (χ2v) is 13.5. The topological polar surface area (TPSA) is 141 Å². The molecule has 47 heavy (non-hydrogen) atoms. The molecule has 0 saturated heterocycles. The van der Waals surface area contributed by atoms with Crippen molar-refractivity contribution in [3.05, 3.63) is 75.9 Å². The highest BCUT2D eigenvalue weighted by Crippen LogP contribution is 2.30. The third kappa shape index (κ3) is 8.82. The van der Waals surface area contributed by atoms with E-state index in [0.717, 1.165) is 22.0 Å². The second kappa shape index (κ2) is 15.6. The van der Waals surface area contributed by atoms with Gasteiger partial charge in [-0.2, -0.15) is 0 Å². The number of cyclic esters (lactones) is 1. The van der Waals surface area contributed by atoms with Crippen molar-refractivity contribution >= 4 is 50.5 Å². The SMILES string of the molecule is CC[C@H]1OC(=O)C[C@H](c2ccc(O)c(Br)c2)NC(=O)[C@@H](Cc2c[nH]c3ccccc23)N(C)C(=O)[C@H](C)NC(=O)[C@@H](C)C/C(C)=C/[C@H]1C. The number of phenolic OH excluding ortho intramolecular Hbond substituents is 1. The number of aromatic amines is 1. The van der Waals surface area contributed by atoms with Crippen molar-refractivity contribution in [2.24, 2.45) is 11.8 Å². The predicted molar refractivity (Wildman–Crippen MR) is 184 cm³/mol. The summed E-state index contributed by atoms with van der Waals surface area (Å²) in [4.78, 5) is 59.3. The largest absolute Gasteiger partial charge is 0.507 e. The number of carbonyl (C=O) groups excluding carboxylic acids is 4. The summed E-state index contributed by atoms with van der Waals surface area (Å²) < 4.78 is 6.37. The number of fused-ring (bicyclic) bond motifs is 1. The molecule has 0 spiro atoms. The van der Waals surface area contributed by atoms with Gasteiger partial charge in [-0.05, 0) is 71.9 Å². The molecule has 1 aromatic heterocycles. The summed E-state index contributed by atoms with van der Waals surface area (Å²) >= 11 is 3.34. The van der Waals surface area contributed by atoms with Gasteiger partial charge in [0.2, 0.25) is 17.7 Å². The van der Waals surface area contributed by atoms with Crippen molar-refractivity contribution < 1.29 is 29.0 Å². The molecule has 2 aromatic carbocycles. The van der Waals surface area contributed by atoms with Crippen LogP contribution in [0.25, 0.3) is 10.9 Å². The highest BCUT2D eigenvalue weighted by atomic mass is 79.9. The number of aromatic nitrogens is 1. The lowest BCUT2D eigenvalue weighted by Crippen LogP contribution is -2.55. The molecule has 4 rings (SSSR count). The van der Waals surface area contributed by atoms with Crippen LogP contribution in [0.2, 0.25) is 0 Å². The number of hydrogen-bond acceptors (Lipinski definition) is 6. The zero-order valence-electron chi connectivity index (χ0n) is 27.8. The molecule has 10 nitrogen and oxygen atoms in total. The minimum Gasteiger partial charge on any atom is -0.507 e. The normalized spacial score (nSPS) is 26.9. The Labute approximate surface area is 284 Å². The molecular weight excluding hydrogens is 664 g/mol. The van der Waals surface area contributed by atoms with Crippen LogP contribution in [0.4, 0.5) is 0 Å². The Morgan fingerprint density at radius 2 is 1.72 bits per heavy atom. The van der Waals surface area contributed by atoms with Gasteiger partial charge in [-0.25, -0.2) is 0 Å². The van der Waals surface area contributed by atoms with Crippen LogP contribution in [0.15, 0.2) is 64.8 Å². The van der Waals surface area contributed by atoms with Crippen molar-refractivity contribution in [1.82, 2.24) is 20.5 Å². The Morgan fingerprint density at radius 3 is 2.43 bits per heavy atom. The molecule has 3 amide bonds. The number of esters is 1. The maximum absolute atomic E-state index is 14.3. The fourth-order valence-electron chi connectivity index (χ4n) is 6.20. The number of ether oxygens (including phenoxy) is 1.